The lowest BCUT2D eigenvalue weighted by Gasteiger charge is -2.26. The van der Waals surface area contributed by atoms with Crippen LogP contribution in [0.4, 0.5) is 5.69 Å². The van der Waals surface area contributed by atoms with E-state index in [1.54, 1.807) is 44.6 Å². The van der Waals surface area contributed by atoms with Crippen molar-refractivity contribution in [1.29, 1.82) is 0 Å². The molecule has 0 amide bonds. The first-order chi connectivity index (χ1) is 16.0. The molecule has 0 saturated heterocycles. The number of methoxy groups -OCH3 is 2. The van der Waals surface area contributed by atoms with E-state index in [0.29, 0.717) is 11.5 Å². The fourth-order valence-corrected chi connectivity index (χ4v) is 5.75. The summed E-state index contributed by atoms with van der Waals surface area (Å²) in [6, 6.07) is 25.1. The van der Waals surface area contributed by atoms with E-state index in [1.807, 2.05) is 54.6 Å². The van der Waals surface area contributed by atoms with Crippen molar-refractivity contribution in [1.82, 2.24) is 4.72 Å². The number of anilines is 1. The Kier molecular flexibility index (Phi) is 5.44. The Labute approximate surface area is 193 Å². The van der Waals surface area contributed by atoms with E-state index in [9.17, 15) is 8.42 Å². The summed E-state index contributed by atoms with van der Waals surface area (Å²) >= 11 is 0. The molecule has 0 fully saturated rings. The third-order valence-corrected chi connectivity index (χ3v) is 7.48. The summed E-state index contributed by atoms with van der Waals surface area (Å²) in [4.78, 5) is 0.228. The van der Waals surface area contributed by atoms with Crippen LogP contribution in [0.25, 0.3) is 10.8 Å². The largest absolute Gasteiger partial charge is 0.497 e. The lowest BCUT2D eigenvalue weighted by atomic mass is 10.0. The summed E-state index contributed by atoms with van der Waals surface area (Å²) in [5.74, 6) is 1.32. The summed E-state index contributed by atoms with van der Waals surface area (Å²) < 4.78 is 40.5. The molecule has 0 aliphatic heterocycles. The second-order valence-corrected chi connectivity index (χ2v) is 9.61. The first-order valence-electron chi connectivity index (χ1n) is 10.6. The molecule has 168 valence electrons. The monoisotopic (exact) mass is 460 g/mol. The van der Waals surface area contributed by atoms with Gasteiger partial charge in [0.15, 0.2) is 0 Å². The molecule has 4 aromatic carbocycles. The van der Waals surface area contributed by atoms with Gasteiger partial charge in [-0.05, 0) is 46.2 Å². The predicted molar refractivity (Wildman–Crippen MR) is 129 cm³/mol. The molecule has 2 unspecified atom stereocenters. The van der Waals surface area contributed by atoms with E-state index in [1.165, 1.54) is 0 Å². The Balaban J connectivity index is 1.62. The van der Waals surface area contributed by atoms with Gasteiger partial charge in [-0.3, -0.25) is 0 Å². The molecule has 1 aliphatic rings. The molecule has 0 aromatic heterocycles. The quantitative estimate of drug-likeness (QED) is 0.404. The third-order valence-electron chi connectivity index (χ3n) is 6.03. The van der Waals surface area contributed by atoms with Crippen LogP contribution in [0.3, 0.4) is 0 Å². The third kappa shape index (κ3) is 3.79. The smallest absolute Gasteiger partial charge is 0.241 e. The number of benzene rings is 4. The minimum atomic E-state index is -3.76. The Morgan fingerprint density at radius 1 is 0.758 bits per heavy atom. The van der Waals surface area contributed by atoms with Crippen LogP contribution < -0.4 is 19.5 Å². The van der Waals surface area contributed by atoms with Crippen molar-refractivity contribution in [2.75, 3.05) is 19.5 Å². The molecule has 2 N–H and O–H groups in total. The van der Waals surface area contributed by atoms with Crippen LogP contribution in [-0.4, -0.2) is 22.6 Å². The number of rotatable bonds is 7. The second-order valence-electron chi connectivity index (χ2n) is 7.89. The van der Waals surface area contributed by atoms with E-state index in [-0.39, 0.29) is 10.9 Å². The zero-order valence-corrected chi connectivity index (χ0v) is 19.1. The molecule has 0 heterocycles. The SMILES string of the molecule is COc1ccc(OC)c(NC2c3cccc4cccc(c34)C2NS(=O)(=O)c2ccccc2)c1. The standard InChI is InChI=1S/C26H24N2O4S/c1-31-18-14-15-23(32-2)22(16-18)27-25-20-12-6-8-17-9-7-13-21(24(17)20)26(25)28-33(29,30)19-10-4-3-5-11-19/h3-16,25-28H,1-2H3. The van der Waals surface area contributed by atoms with Crippen molar-refractivity contribution in [2.24, 2.45) is 0 Å². The highest BCUT2D eigenvalue weighted by Crippen LogP contribution is 2.47. The maximum absolute atomic E-state index is 13.3. The Morgan fingerprint density at radius 3 is 2.12 bits per heavy atom. The molecule has 33 heavy (non-hydrogen) atoms. The van der Waals surface area contributed by atoms with Crippen LogP contribution >= 0.6 is 0 Å². The average molecular weight is 461 g/mol. The molecule has 2 atom stereocenters. The van der Waals surface area contributed by atoms with Crippen molar-refractivity contribution in [3.63, 3.8) is 0 Å². The number of ether oxygens (including phenoxy) is 2. The molecular weight excluding hydrogens is 436 g/mol. The molecule has 0 saturated carbocycles. The van der Waals surface area contributed by atoms with Crippen molar-refractivity contribution in [2.45, 2.75) is 17.0 Å². The highest BCUT2D eigenvalue weighted by atomic mass is 32.2. The molecular formula is C26H24N2O4S. The zero-order valence-electron chi connectivity index (χ0n) is 18.3. The Morgan fingerprint density at radius 2 is 1.45 bits per heavy atom. The lowest BCUT2D eigenvalue weighted by molar-refractivity contribution is 0.403. The van der Waals surface area contributed by atoms with Gasteiger partial charge in [0.2, 0.25) is 10.0 Å². The van der Waals surface area contributed by atoms with Gasteiger partial charge in [0, 0.05) is 6.07 Å². The molecule has 1 aliphatic carbocycles. The first kappa shape index (κ1) is 21.3. The molecule has 5 rings (SSSR count). The van der Waals surface area contributed by atoms with Gasteiger partial charge in [-0.2, -0.15) is 0 Å². The molecule has 4 aromatic rings. The topological polar surface area (TPSA) is 76.7 Å². The minimum absolute atomic E-state index is 0.228. The van der Waals surface area contributed by atoms with Crippen molar-refractivity contribution < 1.29 is 17.9 Å². The summed E-state index contributed by atoms with van der Waals surface area (Å²) in [5.41, 5.74) is 2.67. The molecule has 6 nitrogen and oxygen atoms in total. The van der Waals surface area contributed by atoms with Gasteiger partial charge in [0.1, 0.15) is 11.5 Å². The Hall–Kier alpha value is -3.55. The van der Waals surface area contributed by atoms with Gasteiger partial charge in [-0.1, -0.05) is 54.6 Å². The van der Waals surface area contributed by atoms with Gasteiger partial charge in [-0.15, -0.1) is 0 Å². The highest BCUT2D eigenvalue weighted by molar-refractivity contribution is 7.89. The second kappa shape index (κ2) is 8.42. The van der Waals surface area contributed by atoms with Crippen molar-refractivity contribution >= 4 is 26.5 Å². The number of hydrogen-bond acceptors (Lipinski definition) is 5. The van der Waals surface area contributed by atoms with E-state index < -0.39 is 16.1 Å². The van der Waals surface area contributed by atoms with Crippen LogP contribution in [-0.2, 0) is 10.0 Å². The minimum Gasteiger partial charge on any atom is -0.497 e. The van der Waals surface area contributed by atoms with E-state index in [4.69, 9.17) is 9.47 Å². The molecule has 0 bridgehead atoms. The summed E-state index contributed by atoms with van der Waals surface area (Å²) in [5, 5.41) is 5.66. The lowest BCUT2D eigenvalue weighted by Crippen LogP contribution is -2.33. The first-order valence-corrected chi connectivity index (χ1v) is 12.1. The van der Waals surface area contributed by atoms with Crippen LogP contribution in [0.5, 0.6) is 11.5 Å². The van der Waals surface area contributed by atoms with Crippen LogP contribution in [0.2, 0.25) is 0 Å². The van der Waals surface area contributed by atoms with Crippen LogP contribution in [0.1, 0.15) is 23.2 Å². The fraction of sp³-hybridized carbons (Fsp3) is 0.154. The predicted octanol–water partition coefficient (Wildman–Crippen LogP) is 5.04. The van der Waals surface area contributed by atoms with Gasteiger partial charge < -0.3 is 14.8 Å². The summed E-state index contributed by atoms with van der Waals surface area (Å²) in [6.45, 7) is 0. The van der Waals surface area contributed by atoms with E-state index in [2.05, 4.69) is 10.0 Å². The molecule has 0 spiro atoms. The van der Waals surface area contributed by atoms with E-state index in [0.717, 1.165) is 27.6 Å². The van der Waals surface area contributed by atoms with Crippen LogP contribution in [0.15, 0.2) is 89.8 Å². The number of sulfonamides is 1. The molecule has 0 radical (unpaired) electrons. The normalized spacial score (nSPS) is 17.2. The summed E-state index contributed by atoms with van der Waals surface area (Å²) in [7, 11) is -0.548. The van der Waals surface area contributed by atoms with Gasteiger partial charge in [-0.25, -0.2) is 13.1 Å². The fourth-order valence-electron chi connectivity index (χ4n) is 4.50. The van der Waals surface area contributed by atoms with Crippen LogP contribution in [0, 0.1) is 0 Å². The molecule has 7 heteroatoms. The van der Waals surface area contributed by atoms with Gasteiger partial charge in [0.25, 0.3) is 0 Å². The van der Waals surface area contributed by atoms with Gasteiger partial charge >= 0.3 is 0 Å². The number of hydrogen-bond donors (Lipinski definition) is 2. The maximum atomic E-state index is 13.3. The Bertz CT molecular complexity index is 1420. The average Bonchev–Trinajstić information content (AvgIpc) is 3.13. The van der Waals surface area contributed by atoms with Crippen molar-refractivity contribution in [3.05, 3.63) is 96.1 Å². The highest BCUT2D eigenvalue weighted by Gasteiger charge is 2.37. The van der Waals surface area contributed by atoms with E-state index >= 15 is 0 Å². The van der Waals surface area contributed by atoms with Crippen molar-refractivity contribution in [3.8, 4) is 11.5 Å². The zero-order chi connectivity index (χ0) is 23.0. The number of nitrogens with one attached hydrogen (secondary N) is 2. The van der Waals surface area contributed by atoms with Gasteiger partial charge in [0.05, 0.1) is 36.9 Å². The summed E-state index contributed by atoms with van der Waals surface area (Å²) in [6.07, 6.45) is 0. The maximum Gasteiger partial charge on any atom is 0.241 e.